The predicted octanol–water partition coefficient (Wildman–Crippen LogP) is 2.46. The second kappa shape index (κ2) is 5.69. The van der Waals surface area contributed by atoms with Gasteiger partial charge in [-0.25, -0.2) is 9.97 Å². The number of methoxy groups -OCH3 is 1. The van der Waals surface area contributed by atoms with Crippen LogP contribution in [-0.2, 0) is 0 Å². The molecule has 0 radical (unpaired) electrons. The van der Waals surface area contributed by atoms with Gasteiger partial charge >= 0.3 is 0 Å². The van der Waals surface area contributed by atoms with Crippen molar-refractivity contribution in [2.75, 3.05) is 7.11 Å². The van der Waals surface area contributed by atoms with Gasteiger partial charge in [-0.15, -0.1) is 0 Å². The molecule has 0 atom stereocenters. The lowest BCUT2D eigenvalue weighted by Gasteiger charge is -2.08. The molecule has 0 spiro atoms. The van der Waals surface area contributed by atoms with E-state index in [4.69, 9.17) is 4.74 Å². The number of aromatic nitrogens is 3. The summed E-state index contributed by atoms with van der Waals surface area (Å²) in [5.74, 6) is 1.26. The molecule has 0 aliphatic heterocycles. The SMILES string of the molecule is COc1ccc(-c2nc(C=O)cn2-c2ccc(O)cc2)cn1. The van der Waals surface area contributed by atoms with Crippen LogP contribution in [0, 0.1) is 0 Å². The molecule has 0 unspecified atom stereocenters. The fraction of sp³-hybridized carbons (Fsp3) is 0.0625. The van der Waals surface area contributed by atoms with Crippen molar-refractivity contribution in [1.29, 1.82) is 0 Å². The van der Waals surface area contributed by atoms with Crippen molar-refractivity contribution in [3.8, 4) is 28.7 Å². The van der Waals surface area contributed by atoms with Crippen LogP contribution in [0.5, 0.6) is 11.6 Å². The Morgan fingerprint density at radius 3 is 2.55 bits per heavy atom. The van der Waals surface area contributed by atoms with Gasteiger partial charge in [0.05, 0.1) is 7.11 Å². The quantitative estimate of drug-likeness (QED) is 0.748. The lowest BCUT2D eigenvalue weighted by molar-refractivity contribution is 0.111. The fourth-order valence-corrected chi connectivity index (χ4v) is 2.10. The molecule has 22 heavy (non-hydrogen) atoms. The number of carbonyl (C=O) groups excluding carboxylic acids is 1. The van der Waals surface area contributed by atoms with E-state index < -0.39 is 0 Å². The molecule has 0 saturated carbocycles. The Kier molecular flexibility index (Phi) is 3.57. The van der Waals surface area contributed by atoms with Crippen LogP contribution in [0.25, 0.3) is 17.1 Å². The molecule has 0 amide bonds. The largest absolute Gasteiger partial charge is 0.508 e. The monoisotopic (exact) mass is 295 g/mol. The lowest BCUT2D eigenvalue weighted by atomic mass is 10.2. The molecule has 0 saturated heterocycles. The van der Waals surface area contributed by atoms with Crippen molar-refractivity contribution in [3.05, 3.63) is 54.5 Å². The molecule has 0 aliphatic rings. The summed E-state index contributed by atoms with van der Waals surface area (Å²) in [6.07, 6.45) is 3.96. The number of imidazole rings is 1. The minimum absolute atomic E-state index is 0.173. The number of rotatable bonds is 4. The van der Waals surface area contributed by atoms with Gasteiger partial charge in [-0.3, -0.25) is 9.36 Å². The van der Waals surface area contributed by atoms with Crippen LogP contribution in [0.15, 0.2) is 48.8 Å². The summed E-state index contributed by atoms with van der Waals surface area (Å²) in [6.45, 7) is 0. The van der Waals surface area contributed by atoms with Crippen LogP contribution in [0.4, 0.5) is 0 Å². The third-order valence-electron chi connectivity index (χ3n) is 3.18. The summed E-state index contributed by atoms with van der Waals surface area (Å²) in [4.78, 5) is 19.5. The Labute approximate surface area is 126 Å². The van der Waals surface area contributed by atoms with Gasteiger partial charge in [-0.2, -0.15) is 0 Å². The second-order valence-corrected chi connectivity index (χ2v) is 4.58. The maximum absolute atomic E-state index is 11.0. The number of phenolic OH excluding ortho intramolecular Hbond substituents is 1. The van der Waals surface area contributed by atoms with Crippen LogP contribution in [0.3, 0.4) is 0 Å². The van der Waals surface area contributed by atoms with Gasteiger partial charge in [-0.05, 0) is 30.3 Å². The molecule has 6 heteroatoms. The standard InChI is InChI=1S/C16H13N3O3/c1-22-15-7-2-11(8-17-15)16-18-12(10-20)9-19(16)13-3-5-14(21)6-4-13/h2-10,21H,1H3. The van der Waals surface area contributed by atoms with Crippen molar-refractivity contribution in [1.82, 2.24) is 14.5 Å². The number of phenols is 1. The zero-order valence-electron chi connectivity index (χ0n) is 11.8. The molecule has 0 aliphatic carbocycles. The molecule has 2 aromatic heterocycles. The Morgan fingerprint density at radius 2 is 1.95 bits per heavy atom. The summed E-state index contributed by atoms with van der Waals surface area (Å²) in [5.41, 5.74) is 1.85. The van der Waals surface area contributed by atoms with E-state index in [0.29, 0.717) is 23.7 Å². The number of hydrogen-bond donors (Lipinski definition) is 1. The summed E-state index contributed by atoms with van der Waals surface area (Å²) >= 11 is 0. The van der Waals surface area contributed by atoms with Crippen molar-refractivity contribution in [2.45, 2.75) is 0 Å². The minimum atomic E-state index is 0.173. The number of carbonyl (C=O) groups is 1. The minimum Gasteiger partial charge on any atom is -0.508 e. The molecule has 110 valence electrons. The lowest BCUT2D eigenvalue weighted by Crippen LogP contribution is -1.96. The van der Waals surface area contributed by atoms with Crippen LogP contribution >= 0.6 is 0 Å². The molecule has 3 rings (SSSR count). The van der Waals surface area contributed by atoms with Crippen LogP contribution < -0.4 is 4.74 Å². The second-order valence-electron chi connectivity index (χ2n) is 4.58. The summed E-state index contributed by atoms with van der Waals surface area (Å²) in [5, 5.41) is 9.39. The predicted molar refractivity (Wildman–Crippen MR) is 80.4 cm³/mol. The van der Waals surface area contributed by atoms with Gasteiger partial charge in [0.2, 0.25) is 5.88 Å². The number of aromatic hydroxyl groups is 1. The topological polar surface area (TPSA) is 77.2 Å². The molecule has 0 bridgehead atoms. The first kappa shape index (κ1) is 13.8. The molecular weight excluding hydrogens is 282 g/mol. The van der Waals surface area contributed by atoms with E-state index in [9.17, 15) is 9.90 Å². The smallest absolute Gasteiger partial charge is 0.212 e. The Hall–Kier alpha value is -3.15. The maximum atomic E-state index is 11.0. The summed E-state index contributed by atoms with van der Waals surface area (Å²) in [6, 6.07) is 10.2. The normalized spacial score (nSPS) is 10.4. The van der Waals surface area contributed by atoms with Gasteiger partial charge in [0, 0.05) is 29.7 Å². The Morgan fingerprint density at radius 1 is 1.18 bits per heavy atom. The first-order chi connectivity index (χ1) is 10.7. The molecule has 1 N–H and O–H groups in total. The van der Waals surface area contributed by atoms with Crippen LogP contribution in [-0.4, -0.2) is 33.0 Å². The van der Waals surface area contributed by atoms with E-state index in [1.807, 2.05) is 6.07 Å². The van der Waals surface area contributed by atoms with Gasteiger partial charge < -0.3 is 9.84 Å². The number of aldehydes is 1. The highest BCUT2D eigenvalue weighted by Gasteiger charge is 2.12. The van der Waals surface area contributed by atoms with Crippen molar-refractivity contribution >= 4 is 6.29 Å². The van der Waals surface area contributed by atoms with Crippen molar-refractivity contribution in [3.63, 3.8) is 0 Å². The molecule has 3 aromatic rings. The number of benzene rings is 1. The number of hydrogen-bond acceptors (Lipinski definition) is 5. The van der Waals surface area contributed by atoms with Crippen molar-refractivity contribution in [2.24, 2.45) is 0 Å². The fourth-order valence-electron chi connectivity index (χ4n) is 2.10. The van der Waals surface area contributed by atoms with Gasteiger partial charge in [0.1, 0.15) is 17.3 Å². The molecule has 2 heterocycles. The number of nitrogens with zero attached hydrogens (tertiary/aromatic N) is 3. The third-order valence-corrected chi connectivity index (χ3v) is 3.18. The van der Waals surface area contributed by atoms with E-state index in [0.717, 1.165) is 11.3 Å². The molecule has 6 nitrogen and oxygen atoms in total. The van der Waals surface area contributed by atoms with Gasteiger partial charge in [-0.1, -0.05) is 0 Å². The van der Waals surface area contributed by atoms with E-state index in [1.54, 1.807) is 54.4 Å². The van der Waals surface area contributed by atoms with E-state index in [-0.39, 0.29) is 5.75 Å². The third kappa shape index (κ3) is 2.54. The van der Waals surface area contributed by atoms with Crippen LogP contribution in [0.1, 0.15) is 10.5 Å². The summed E-state index contributed by atoms with van der Waals surface area (Å²) in [7, 11) is 1.55. The van der Waals surface area contributed by atoms with E-state index >= 15 is 0 Å². The first-order valence-electron chi connectivity index (χ1n) is 6.55. The zero-order chi connectivity index (χ0) is 15.5. The van der Waals surface area contributed by atoms with Gasteiger partial charge in [0.25, 0.3) is 0 Å². The summed E-state index contributed by atoms with van der Waals surface area (Å²) < 4.78 is 6.81. The van der Waals surface area contributed by atoms with Gasteiger partial charge in [0.15, 0.2) is 6.29 Å². The average molecular weight is 295 g/mol. The Bertz CT molecular complexity index is 793. The zero-order valence-corrected chi connectivity index (χ0v) is 11.8. The molecule has 0 fully saturated rings. The number of pyridine rings is 1. The average Bonchev–Trinajstić information content (AvgIpc) is 3.00. The van der Waals surface area contributed by atoms with Crippen molar-refractivity contribution < 1.29 is 14.6 Å². The highest BCUT2D eigenvalue weighted by Crippen LogP contribution is 2.24. The first-order valence-corrected chi connectivity index (χ1v) is 6.55. The van der Waals surface area contributed by atoms with E-state index in [2.05, 4.69) is 9.97 Å². The van der Waals surface area contributed by atoms with E-state index in [1.165, 1.54) is 0 Å². The maximum Gasteiger partial charge on any atom is 0.212 e. The molecule has 1 aromatic carbocycles. The van der Waals surface area contributed by atoms with Crippen LogP contribution in [0.2, 0.25) is 0 Å². The number of ether oxygens (including phenoxy) is 1. The Balaban J connectivity index is 2.11. The highest BCUT2D eigenvalue weighted by molar-refractivity contribution is 5.74. The molecular formula is C16H13N3O3. The highest BCUT2D eigenvalue weighted by atomic mass is 16.5.